The normalized spacial score (nSPS) is 20.7. The molecule has 0 saturated carbocycles. The quantitative estimate of drug-likeness (QED) is 0.875. The fraction of sp³-hybridized carbons (Fsp3) is 0.462. The lowest BCUT2D eigenvalue weighted by atomic mass is 10.1. The van der Waals surface area contributed by atoms with E-state index in [9.17, 15) is 13.6 Å². The molecule has 2 N–H and O–H groups in total. The van der Waals surface area contributed by atoms with Gasteiger partial charge in [-0.2, -0.15) is 0 Å². The van der Waals surface area contributed by atoms with Crippen LogP contribution in [-0.4, -0.2) is 31.5 Å². The number of nitrogens with one attached hydrogen (secondary N) is 2. The van der Waals surface area contributed by atoms with Gasteiger partial charge in [0.15, 0.2) is 0 Å². The number of carbonyl (C=O) groups is 1. The zero-order valence-electron chi connectivity index (χ0n) is 10.9. The van der Waals surface area contributed by atoms with Crippen LogP contribution in [0.25, 0.3) is 0 Å². The van der Waals surface area contributed by atoms with Crippen molar-refractivity contribution in [1.29, 1.82) is 0 Å². The first kappa shape index (κ1) is 15.2. The van der Waals surface area contributed by atoms with Crippen molar-refractivity contribution < 1.29 is 18.3 Å². The van der Waals surface area contributed by atoms with Crippen LogP contribution in [0, 0.1) is 0 Å². The van der Waals surface area contributed by atoms with Gasteiger partial charge in [0.05, 0.1) is 24.2 Å². The summed E-state index contributed by atoms with van der Waals surface area (Å²) in [6, 6.07) is 4.57. The number of hydrogen-bond acceptors (Lipinski definition) is 3. The zero-order valence-corrected chi connectivity index (χ0v) is 12.5. The molecule has 1 heterocycles. The molecule has 1 atom stereocenters. The lowest BCUT2D eigenvalue weighted by Gasteiger charge is -2.12. The van der Waals surface area contributed by atoms with Gasteiger partial charge in [0.2, 0.25) is 5.91 Å². The summed E-state index contributed by atoms with van der Waals surface area (Å²) in [6.07, 6.45) is -0.453. The summed E-state index contributed by atoms with van der Waals surface area (Å²) in [5.41, 5.74) is 0.857. The number of methoxy groups -OCH3 is 1. The van der Waals surface area contributed by atoms with E-state index in [1.807, 2.05) is 6.07 Å². The second kappa shape index (κ2) is 6.05. The van der Waals surface area contributed by atoms with Gasteiger partial charge in [-0.15, -0.1) is 0 Å². The highest BCUT2D eigenvalue weighted by Gasteiger charge is 2.42. The Balaban J connectivity index is 1.89. The number of hydrogen-bond donors (Lipinski definition) is 2. The number of ether oxygens (including phenoxy) is 1. The maximum Gasteiger partial charge on any atom is 0.262 e. The highest BCUT2D eigenvalue weighted by molar-refractivity contribution is 9.10. The molecule has 7 heteroatoms. The summed E-state index contributed by atoms with van der Waals surface area (Å²) in [5, 5.41) is 5.17. The molecule has 20 heavy (non-hydrogen) atoms. The Morgan fingerprint density at radius 1 is 1.60 bits per heavy atom. The van der Waals surface area contributed by atoms with Crippen molar-refractivity contribution in [2.45, 2.75) is 24.9 Å². The largest absolute Gasteiger partial charge is 0.496 e. The monoisotopic (exact) mass is 348 g/mol. The first-order valence-electron chi connectivity index (χ1n) is 6.12. The third-order valence-electron chi connectivity index (χ3n) is 3.11. The number of halogens is 3. The van der Waals surface area contributed by atoms with Gasteiger partial charge in [0.1, 0.15) is 5.75 Å². The number of benzene rings is 1. The van der Waals surface area contributed by atoms with Crippen LogP contribution in [0.5, 0.6) is 5.75 Å². The second-order valence-corrected chi connectivity index (χ2v) is 5.53. The van der Waals surface area contributed by atoms with Crippen LogP contribution >= 0.6 is 15.9 Å². The van der Waals surface area contributed by atoms with Crippen LogP contribution in [0.1, 0.15) is 12.0 Å². The first-order valence-corrected chi connectivity index (χ1v) is 6.92. The summed E-state index contributed by atoms with van der Waals surface area (Å²) in [7, 11) is 1.56. The van der Waals surface area contributed by atoms with E-state index in [-0.39, 0.29) is 6.54 Å². The summed E-state index contributed by atoms with van der Waals surface area (Å²) >= 11 is 3.35. The van der Waals surface area contributed by atoms with Crippen LogP contribution in [0.4, 0.5) is 8.78 Å². The van der Waals surface area contributed by atoms with Crippen LogP contribution in [0.2, 0.25) is 0 Å². The van der Waals surface area contributed by atoms with E-state index < -0.39 is 30.8 Å². The van der Waals surface area contributed by atoms with Crippen LogP contribution < -0.4 is 15.4 Å². The maximum atomic E-state index is 13.0. The smallest absolute Gasteiger partial charge is 0.262 e. The van der Waals surface area contributed by atoms with E-state index in [4.69, 9.17) is 4.74 Å². The fourth-order valence-corrected chi connectivity index (χ4v) is 2.62. The Kier molecular flexibility index (Phi) is 4.59. The summed E-state index contributed by atoms with van der Waals surface area (Å²) < 4.78 is 31.9. The Morgan fingerprint density at radius 2 is 2.35 bits per heavy atom. The highest BCUT2D eigenvalue weighted by Crippen LogP contribution is 2.26. The predicted octanol–water partition coefficient (Wildman–Crippen LogP) is 2.07. The summed E-state index contributed by atoms with van der Waals surface area (Å²) in [4.78, 5) is 11.8. The summed E-state index contributed by atoms with van der Waals surface area (Å²) in [6.45, 7) is -0.162. The summed E-state index contributed by atoms with van der Waals surface area (Å²) in [5.74, 6) is -2.52. The van der Waals surface area contributed by atoms with E-state index >= 15 is 0 Å². The molecule has 1 aromatic rings. The Labute approximate surface area is 124 Å². The molecule has 0 radical (unpaired) electrons. The molecule has 0 bridgehead atoms. The highest BCUT2D eigenvalue weighted by atomic mass is 79.9. The van der Waals surface area contributed by atoms with Crippen molar-refractivity contribution in [1.82, 2.24) is 10.6 Å². The predicted molar refractivity (Wildman–Crippen MR) is 73.9 cm³/mol. The minimum absolute atomic E-state index is 0.283. The van der Waals surface area contributed by atoms with Crippen LogP contribution in [-0.2, 0) is 11.3 Å². The number of rotatable bonds is 4. The SMILES string of the molecule is COc1ccc(CNC(=O)C2CC(F)(F)CN2)cc1Br. The lowest BCUT2D eigenvalue weighted by molar-refractivity contribution is -0.123. The van der Waals surface area contributed by atoms with Crippen LogP contribution in [0.3, 0.4) is 0 Å². The minimum Gasteiger partial charge on any atom is -0.496 e. The molecule has 1 amide bonds. The van der Waals surface area contributed by atoms with E-state index in [0.29, 0.717) is 5.75 Å². The molecule has 1 saturated heterocycles. The Morgan fingerprint density at radius 3 is 2.90 bits per heavy atom. The molecule has 0 spiro atoms. The molecule has 4 nitrogen and oxygen atoms in total. The van der Waals surface area contributed by atoms with Gasteiger partial charge in [-0.25, -0.2) is 8.78 Å². The molecule has 2 rings (SSSR count). The molecular formula is C13H15BrF2N2O2. The average Bonchev–Trinajstić information content (AvgIpc) is 2.76. The van der Waals surface area contributed by atoms with E-state index in [1.54, 1.807) is 19.2 Å². The van der Waals surface area contributed by atoms with E-state index in [1.165, 1.54) is 0 Å². The molecule has 1 aromatic carbocycles. The molecule has 1 aliphatic rings. The van der Waals surface area contributed by atoms with Crippen molar-refractivity contribution in [2.24, 2.45) is 0 Å². The number of amides is 1. The fourth-order valence-electron chi connectivity index (χ4n) is 2.03. The Hall–Kier alpha value is -1.21. The van der Waals surface area contributed by atoms with Gasteiger partial charge in [-0.05, 0) is 33.6 Å². The number of alkyl halides is 2. The first-order chi connectivity index (χ1) is 9.41. The molecule has 1 unspecified atom stereocenters. The maximum absolute atomic E-state index is 13.0. The van der Waals surface area contributed by atoms with Crippen molar-refractivity contribution >= 4 is 21.8 Å². The zero-order chi connectivity index (χ0) is 14.8. The molecule has 1 aliphatic heterocycles. The number of carbonyl (C=O) groups excluding carboxylic acids is 1. The topological polar surface area (TPSA) is 50.4 Å². The van der Waals surface area contributed by atoms with Crippen molar-refractivity contribution in [3.63, 3.8) is 0 Å². The molecular weight excluding hydrogens is 334 g/mol. The van der Waals surface area contributed by atoms with Crippen molar-refractivity contribution in [2.75, 3.05) is 13.7 Å². The van der Waals surface area contributed by atoms with Crippen molar-refractivity contribution in [3.8, 4) is 5.75 Å². The van der Waals surface area contributed by atoms with E-state index in [0.717, 1.165) is 10.0 Å². The molecule has 110 valence electrons. The average molecular weight is 349 g/mol. The molecule has 1 fully saturated rings. The van der Waals surface area contributed by atoms with Gasteiger partial charge in [-0.3, -0.25) is 10.1 Å². The lowest BCUT2D eigenvalue weighted by Crippen LogP contribution is -2.40. The second-order valence-electron chi connectivity index (χ2n) is 4.68. The molecule has 0 aliphatic carbocycles. The van der Waals surface area contributed by atoms with Gasteiger partial charge < -0.3 is 10.1 Å². The third kappa shape index (κ3) is 3.67. The van der Waals surface area contributed by atoms with Gasteiger partial charge in [0, 0.05) is 13.0 Å². The van der Waals surface area contributed by atoms with Gasteiger partial charge in [0.25, 0.3) is 5.92 Å². The Bertz CT molecular complexity index is 511. The minimum atomic E-state index is -2.80. The van der Waals surface area contributed by atoms with Gasteiger partial charge >= 0.3 is 0 Å². The van der Waals surface area contributed by atoms with Gasteiger partial charge in [-0.1, -0.05) is 6.07 Å². The van der Waals surface area contributed by atoms with Crippen molar-refractivity contribution in [3.05, 3.63) is 28.2 Å². The van der Waals surface area contributed by atoms with E-state index in [2.05, 4.69) is 26.6 Å². The third-order valence-corrected chi connectivity index (χ3v) is 3.73. The molecule has 0 aromatic heterocycles. The van der Waals surface area contributed by atoms with Crippen LogP contribution in [0.15, 0.2) is 22.7 Å². The standard InChI is InChI=1S/C13H15BrF2N2O2/c1-20-11-3-2-8(4-9(11)14)6-17-12(19)10-5-13(15,16)7-18-10/h2-4,10,18H,5-7H2,1H3,(H,17,19).